The molecule has 0 saturated carbocycles. The van der Waals surface area contributed by atoms with E-state index in [2.05, 4.69) is 25.6 Å². The Hall–Kier alpha value is -3.55. The summed E-state index contributed by atoms with van der Waals surface area (Å²) in [4.78, 5) is 36.5. The maximum absolute atomic E-state index is 12.5. The Morgan fingerprint density at radius 1 is 1.08 bits per heavy atom. The van der Waals surface area contributed by atoms with Crippen LogP contribution in [0, 0.1) is 6.92 Å². The summed E-state index contributed by atoms with van der Waals surface area (Å²) in [6, 6.07) is 6.66. The summed E-state index contributed by atoms with van der Waals surface area (Å²) in [6.45, 7) is 1.88. The van der Waals surface area contributed by atoms with Crippen LogP contribution in [0.15, 0.2) is 49.2 Å². The zero-order chi connectivity index (χ0) is 17.8. The molecule has 0 aliphatic heterocycles. The summed E-state index contributed by atoms with van der Waals surface area (Å²) < 4.78 is 1.72. The molecule has 0 saturated heterocycles. The minimum atomic E-state index is -0.376. The van der Waals surface area contributed by atoms with Crippen molar-refractivity contribution in [3.63, 3.8) is 0 Å². The molecule has 0 unspecified atom stereocenters. The van der Waals surface area contributed by atoms with E-state index in [1.54, 1.807) is 35.4 Å². The molecule has 8 nitrogen and oxygen atoms in total. The van der Waals surface area contributed by atoms with Gasteiger partial charge in [-0.1, -0.05) is 0 Å². The SMILES string of the molecule is CNC(=O)c1cc(NC(=O)c2cc(C)cc(-n3ccnc3)n2)ccn1. The highest BCUT2D eigenvalue weighted by Gasteiger charge is 2.12. The van der Waals surface area contributed by atoms with E-state index in [-0.39, 0.29) is 23.2 Å². The van der Waals surface area contributed by atoms with Crippen LogP contribution >= 0.6 is 0 Å². The number of nitrogens with zero attached hydrogens (tertiary/aromatic N) is 4. The van der Waals surface area contributed by atoms with E-state index < -0.39 is 0 Å². The maximum atomic E-state index is 12.5. The van der Waals surface area contributed by atoms with Crippen molar-refractivity contribution in [3.8, 4) is 5.82 Å². The molecule has 0 fully saturated rings. The summed E-state index contributed by atoms with van der Waals surface area (Å²) in [7, 11) is 1.52. The first-order valence-electron chi connectivity index (χ1n) is 7.53. The molecule has 0 radical (unpaired) electrons. The second-order valence-electron chi connectivity index (χ2n) is 5.32. The first-order chi connectivity index (χ1) is 12.1. The van der Waals surface area contributed by atoms with Gasteiger partial charge in [0.05, 0.1) is 0 Å². The number of carbonyl (C=O) groups is 2. The summed E-state index contributed by atoms with van der Waals surface area (Å²) in [5.41, 5.74) is 1.84. The van der Waals surface area contributed by atoms with Gasteiger partial charge in [-0.25, -0.2) is 9.97 Å². The third-order valence-corrected chi connectivity index (χ3v) is 3.44. The topological polar surface area (TPSA) is 102 Å². The smallest absolute Gasteiger partial charge is 0.274 e. The van der Waals surface area contributed by atoms with Crippen molar-refractivity contribution < 1.29 is 9.59 Å². The zero-order valence-electron chi connectivity index (χ0n) is 13.7. The minimum absolute atomic E-state index is 0.219. The molecule has 0 aliphatic carbocycles. The Balaban J connectivity index is 1.86. The van der Waals surface area contributed by atoms with Crippen molar-refractivity contribution in [1.82, 2.24) is 24.8 Å². The van der Waals surface area contributed by atoms with Gasteiger partial charge in [-0.05, 0) is 36.8 Å². The van der Waals surface area contributed by atoms with E-state index in [0.29, 0.717) is 11.5 Å². The highest BCUT2D eigenvalue weighted by Crippen LogP contribution is 2.13. The van der Waals surface area contributed by atoms with Crippen LogP contribution in [0.3, 0.4) is 0 Å². The van der Waals surface area contributed by atoms with Gasteiger partial charge in [-0.2, -0.15) is 0 Å². The van der Waals surface area contributed by atoms with Gasteiger partial charge in [0.1, 0.15) is 23.5 Å². The first-order valence-corrected chi connectivity index (χ1v) is 7.53. The van der Waals surface area contributed by atoms with E-state index in [0.717, 1.165) is 5.56 Å². The molecule has 2 amide bonds. The van der Waals surface area contributed by atoms with Gasteiger partial charge >= 0.3 is 0 Å². The number of hydrogen-bond donors (Lipinski definition) is 2. The summed E-state index contributed by atoms with van der Waals surface area (Å²) in [5, 5.41) is 5.22. The number of aryl methyl sites for hydroxylation is 1. The van der Waals surface area contributed by atoms with Crippen LogP contribution in [-0.4, -0.2) is 38.4 Å². The molecule has 0 aliphatic rings. The van der Waals surface area contributed by atoms with Crippen LogP contribution < -0.4 is 10.6 Å². The van der Waals surface area contributed by atoms with Crippen LogP contribution in [0.2, 0.25) is 0 Å². The van der Waals surface area contributed by atoms with Gasteiger partial charge in [0.15, 0.2) is 0 Å². The molecule has 3 heterocycles. The van der Waals surface area contributed by atoms with Crippen molar-refractivity contribution in [1.29, 1.82) is 0 Å². The third kappa shape index (κ3) is 3.69. The summed E-state index contributed by atoms with van der Waals surface area (Å²) >= 11 is 0. The second kappa shape index (κ2) is 6.91. The highest BCUT2D eigenvalue weighted by molar-refractivity contribution is 6.03. The van der Waals surface area contributed by atoms with E-state index in [9.17, 15) is 9.59 Å². The number of anilines is 1. The molecule has 0 spiro atoms. The number of rotatable bonds is 4. The van der Waals surface area contributed by atoms with Gasteiger partial charge in [-0.3, -0.25) is 19.1 Å². The molecule has 0 aromatic carbocycles. The van der Waals surface area contributed by atoms with E-state index in [4.69, 9.17) is 0 Å². The molecule has 3 aromatic heterocycles. The normalized spacial score (nSPS) is 10.3. The predicted molar refractivity (Wildman–Crippen MR) is 91.7 cm³/mol. The molecule has 0 atom stereocenters. The van der Waals surface area contributed by atoms with Crippen LogP contribution in [0.5, 0.6) is 0 Å². The van der Waals surface area contributed by atoms with Gasteiger partial charge < -0.3 is 10.6 Å². The van der Waals surface area contributed by atoms with Crippen LogP contribution in [-0.2, 0) is 0 Å². The molecule has 8 heteroatoms. The van der Waals surface area contributed by atoms with Crippen molar-refractivity contribution in [2.24, 2.45) is 0 Å². The fraction of sp³-hybridized carbons (Fsp3) is 0.118. The van der Waals surface area contributed by atoms with Gasteiger partial charge in [-0.15, -0.1) is 0 Å². The largest absolute Gasteiger partial charge is 0.354 e. The first kappa shape index (κ1) is 16.3. The molecule has 3 aromatic rings. The number of aromatic nitrogens is 4. The van der Waals surface area contributed by atoms with Crippen molar-refractivity contribution in [2.45, 2.75) is 6.92 Å². The summed E-state index contributed by atoms with van der Waals surface area (Å²) in [6.07, 6.45) is 6.46. The van der Waals surface area contributed by atoms with Crippen LogP contribution in [0.1, 0.15) is 26.5 Å². The lowest BCUT2D eigenvalue weighted by Gasteiger charge is -2.09. The molecule has 25 heavy (non-hydrogen) atoms. The third-order valence-electron chi connectivity index (χ3n) is 3.44. The highest BCUT2D eigenvalue weighted by atomic mass is 16.2. The molecule has 0 bridgehead atoms. The lowest BCUT2D eigenvalue weighted by atomic mass is 10.2. The zero-order valence-corrected chi connectivity index (χ0v) is 13.7. The fourth-order valence-corrected chi connectivity index (χ4v) is 2.25. The van der Waals surface area contributed by atoms with Gasteiger partial charge in [0, 0.05) is 31.3 Å². The fourth-order valence-electron chi connectivity index (χ4n) is 2.25. The number of pyridine rings is 2. The molecule has 126 valence electrons. The number of imidazole rings is 1. The van der Waals surface area contributed by atoms with E-state index in [1.165, 1.54) is 19.3 Å². The molecule has 3 rings (SSSR count). The Kier molecular flexibility index (Phi) is 4.51. The second-order valence-corrected chi connectivity index (χ2v) is 5.32. The average Bonchev–Trinajstić information content (AvgIpc) is 3.15. The molecular weight excluding hydrogens is 320 g/mol. The van der Waals surface area contributed by atoms with Crippen LogP contribution in [0.4, 0.5) is 5.69 Å². The summed E-state index contributed by atoms with van der Waals surface area (Å²) in [5.74, 6) is -0.102. The van der Waals surface area contributed by atoms with Gasteiger partial charge in [0.25, 0.3) is 11.8 Å². The van der Waals surface area contributed by atoms with Crippen LogP contribution in [0.25, 0.3) is 5.82 Å². The molecular formula is C17H16N6O2. The van der Waals surface area contributed by atoms with Crippen molar-refractivity contribution in [2.75, 3.05) is 12.4 Å². The Morgan fingerprint density at radius 3 is 2.64 bits per heavy atom. The van der Waals surface area contributed by atoms with Gasteiger partial charge in [0.2, 0.25) is 0 Å². The Morgan fingerprint density at radius 2 is 1.92 bits per heavy atom. The number of hydrogen-bond acceptors (Lipinski definition) is 5. The van der Waals surface area contributed by atoms with E-state index >= 15 is 0 Å². The quantitative estimate of drug-likeness (QED) is 0.753. The predicted octanol–water partition coefficient (Wildman–Crippen LogP) is 1.58. The lowest BCUT2D eigenvalue weighted by molar-refractivity contribution is 0.0956. The Labute approximate surface area is 144 Å². The van der Waals surface area contributed by atoms with E-state index in [1.807, 2.05) is 13.0 Å². The average molecular weight is 336 g/mol. The minimum Gasteiger partial charge on any atom is -0.354 e. The maximum Gasteiger partial charge on any atom is 0.274 e. The number of carbonyl (C=O) groups excluding carboxylic acids is 2. The lowest BCUT2D eigenvalue weighted by Crippen LogP contribution is -2.20. The molecule has 2 N–H and O–H groups in total. The van der Waals surface area contributed by atoms with Crippen molar-refractivity contribution in [3.05, 3.63) is 66.1 Å². The Bertz CT molecular complexity index is 921. The van der Waals surface area contributed by atoms with Crippen molar-refractivity contribution >= 4 is 17.5 Å². The monoisotopic (exact) mass is 336 g/mol. The number of amides is 2. The number of nitrogens with one attached hydrogen (secondary N) is 2. The standard InChI is InChI=1S/C17H16N6O2/c1-11-7-14(22-15(8-11)23-6-5-19-10-23)17(25)21-12-3-4-20-13(9-12)16(24)18-2/h3-10H,1-2H3,(H,18,24)(H,20,21,25).